The first-order valence-electron chi connectivity index (χ1n) is 10.3. The number of fused-ring (bicyclic) bond motifs is 3. The Morgan fingerprint density at radius 1 is 1.03 bits per heavy atom. The molecule has 154 valence electrons. The van der Waals surface area contributed by atoms with Gasteiger partial charge in [-0.3, -0.25) is 24.8 Å². The zero-order valence-electron chi connectivity index (χ0n) is 16.4. The lowest BCUT2D eigenvalue weighted by Gasteiger charge is -2.29. The van der Waals surface area contributed by atoms with Crippen molar-refractivity contribution in [2.75, 3.05) is 6.54 Å². The van der Waals surface area contributed by atoms with Crippen LogP contribution in [0.25, 0.3) is 0 Å². The minimum absolute atomic E-state index is 0.0256. The van der Waals surface area contributed by atoms with Gasteiger partial charge in [-0.2, -0.15) is 0 Å². The molecule has 30 heavy (non-hydrogen) atoms. The van der Waals surface area contributed by atoms with E-state index in [9.17, 15) is 9.59 Å². The van der Waals surface area contributed by atoms with Gasteiger partial charge in [-0.1, -0.05) is 52.3 Å². The Bertz CT molecular complexity index is 1020. The van der Waals surface area contributed by atoms with Crippen LogP contribution < -0.4 is 5.73 Å². The van der Waals surface area contributed by atoms with E-state index in [2.05, 4.69) is 20.8 Å². The molecule has 6 nitrogen and oxygen atoms in total. The Balaban J connectivity index is 1.48. The fourth-order valence-corrected chi connectivity index (χ4v) is 5.71. The second-order valence-corrected chi connectivity index (χ2v) is 9.28. The fourth-order valence-electron chi connectivity index (χ4n) is 5.45. The molecule has 5 rings (SSSR count). The number of halogens is 1. The van der Waals surface area contributed by atoms with Crippen molar-refractivity contribution in [3.63, 3.8) is 0 Å². The van der Waals surface area contributed by atoms with Gasteiger partial charge < -0.3 is 5.73 Å². The lowest BCUT2D eigenvalue weighted by atomic mass is 9.85. The number of amides is 2. The average Bonchev–Trinajstić information content (AvgIpc) is 3.38. The monoisotopic (exact) mass is 466 g/mol. The molecule has 3 N–H and O–H groups in total. The van der Waals surface area contributed by atoms with Crippen LogP contribution in [0.3, 0.4) is 0 Å². The number of nitrogens with zero attached hydrogens (tertiary/aromatic N) is 2. The topological polar surface area (TPSA) is 90.5 Å². The molecule has 4 atom stereocenters. The summed E-state index contributed by atoms with van der Waals surface area (Å²) in [5.74, 6) is -0.692. The van der Waals surface area contributed by atoms with Gasteiger partial charge in [-0.05, 0) is 42.6 Å². The highest BCUT2D eigenvalue weighted by Gasteiger charge is 2.62. The summed E-state index contributed by atoms with van der Waals surface area (Å²) in [4.78, 5) is 30.6. The molecule has 0 spiro atoms. The van der Waals surface area contributed by atoms with E-state index in [0.29, 0.717) is 12.1 Å². The molecule has 2 amide bonds. The van der Waals surface area contributed by atoms with Gasteiger partial charge >= 0.3 is 0 Å². The predicted molar refractivity (Wildman–Crippen MR) is 117 cm³/mol. The average molecular weight is 467 g/mol. The Morgan fingerprint density at radius 3 is 2.37 bits per heavy atom. The largest absolute Gasteiger partial charge is 0.384 e. The standard InChI is InChI=1S/C23H23BrN4O2/c24-16-9-3-13(4-10-16)12-28-22(29)18-17-2-1-11-27(17)20(19(18)23(28)30)14-5-7-15(8-6-14)21(25)26/h3-10,17-20H,1-2,11-12H2,(H3,25,26)/t17-,18-,19-,20-/m0/s1. The third-order valence-electron chi connectivity index (χ3n) is 6.76. The van der Waals surface area contributed by atoms with Gasteiger partial charge in [0.25, 0.3) is 0 Å². The van der Waals surface area contributed by atoms with Gasteiger partial charge in [0.15, 0.2) is 0 Å². The molecule has 0 bridgehead atoms. The number of hydrogen-bond donors (Lipinski definition) is 2. The zero-order valence-corrected chi connectivity index (χ0v) is 18.0. The summed E-state index contributed by atoms with van der Waals surface area (Å²) in [6, 6.07) is 15.3. The molecule has 3 saturated heterocycles. The van der Waals surface area contributed by atoms with E-state index < -0.39 is 0 Å². The summed E-state index contributed by atoms with van der Waals surface area (Å²) in [6.45, 7) is 1.23. The molecular formula is C23H23BrN4O2. The highest BCUT2D eigenvalue weighted by atomic mass is 79.9. The first-order valence-corrected chi connectivity index (χ1v) is 11.0. The zero-order chi connectivity index (χ0) is 21.0. The third kappa shape index (κ3) is 2.99. The summed E-state index contributed by atoms with van der Waals surface area (Å²) in [5, 5.41) is 7.61. The number of nitrogens with two attached hydrogens (primary N) is 1. The number of carbonyl (C=O) groups is 2. The second kappa shape index (κ2) is 7.32. The molecule has 0 radical (unpaired) electrons. The van der Waals surface area contributed by atoms with Crippen molar-refractivity contribution in [2.24, 2.45) is 17.6 Å². The Hall–Kier alpha value is -2.51. The molecule has 0 aromatic heterocycles. The Morgan fingerprint density at radius 2 is 1.70 bits per heavy atom. The first-order chi connectivity index (χ1) is 14.5. The van der Waals surface area contributed by atoms with E-state index in [4.69, 9.17) is 11.1 Å². The molecule has 3 heterocycles. The molecule has 3 fully saturated rings. The fraction of sp³-hybridized carbons (Fsp3) is 0.348. The van der Waals surface area contributed by atoms with Gasteiger partial charge in [0.2, 0.25) is 11.8 Å². The van der Waals surface area contributed by atoms with Crippen LogP contribution in [0.15, 0.2) is 53.0 Å². The number of imide groups is 1. The van der Waals surface area contributed by atoms with Crippen LogP contribution in [0.1, 0.15) is 35.6 Å². The molecule has 0 saturated carbocycles. The second-order valence-electron chi connectivity index (χ2n) is 8.37. The number of carbonyl (C=O) groups excluding carboxylic acids is 2. The van der Waals surface area contributed by atoms with Crippen LogP contribution in [-0.2, 0) is 16.1 Å². The molecule has 2 aromatic rings. The summed E-state index contributed by atoms with van der Waals surface area (Å²) < 4.78 is 0.970. The minimum Gasteiger partial charge on any atom is -0.384 e. The normalized spacial score (nSPS) is 28.1. The maximum absolute atomic E-state index is 13.5. The van der Waals surface area contributed by atoms with Crippen LogP contribution in [-0.4, -0.2) is 40.0 Å². The summed E-state index contributed by atoms with van der Waals surface area (Å²) in [6.07, 6.45) is 2.00. The van der Waals surface area contributed by atoms with Crippen molar-refractivity contribution in [2.45, 2.75) is 31.5 Å². The lowest BCUT2D eigenvalue weighted by molar-refractivity contribution is -0.142. The van der Waals surface area contributed by atoms with E-state index in [-0.39, 0.29) is 41.6 Å². The van der Waals surface area contributed by atoms with Gasteiger partial charge in [-0.15, -0.1) is 0 Å². The maximum Gasteiger partial charge on any atom is 0.235 e. The minimum atomic E-state index is -0.346. The molecule has 7 heteroatoms. The smallest absolute Gasteiger partial charge is 0.235 e. The summed E-state index contributed by atoms with van der Waals surface area (Å²) in [5.41, 5.74) is 8.23. The number of nitrogens with one attached hydrogen (secondary N) is 1. The van der Waals surface area contributed by atoms with E-state index in [0.717, 1.165) is 35.0 Å². The third-order valence-corrected chi connectivity index (χ3v) is 7.29. The molecule has 0 unspecified atom stereocenters. The number of rotatable bonds is 4. The number of likely N-dealkylation sites (tertiary alicyclic amines) is 1. The predicted octanol–water partition coefficient (Wildman–Crippen LogP) is 3.05. The molecule has 3 aliphatic rings. The quantitative estimate of drug-likeness (QED) is 0.411. The first kappa shape index (κ1) is 19.5. The SMILES string of the molecule is N=C(N)c1ccc([C@H]2[C@H]3C(=O)N(Cc4ccc(Br)cc4)C(=O)[C@H]3[C@@H]3CCCN32)cc1. The van der Waals surface area contributed by atoms with Crippen molar-refractivity contribution in [3.8, 4) is 0 Å². The number of benzene rings is 2. The van der Waals surface area contributed by atoms with Crippen molar-refractivity contribution in [1.29, 1.82) is 5.41 Å². The van der Waals surface area contributed by atoms with Gasteiger partial charge in [0.1, 0.15) is 5.84 Å². The molecular weight excluding hydrogens is 444 g/mol. The van der Waals surface area contributed by atoms with Crippen LogP contribution in [0, 0.1) is 17.2 Å². The van der Waals surface area contributed by atoms with E-state index in [1.54, 1.807) is 0 Å². The van der Waals surface area contributed by atoms with Crippen molar-refractivity contribution in [1.82, 2.24) is 9.80 Å². The van der Waals surface area contributed by atoms with Gasteiger partial charge in [0.05, 0.1) is 18.4 Å². The summed E-state index contributed by atoms with van der Waals surface area (Å²) in [7, 11) is 0. The van der Waals surface area contributed by atoms with Crippen LogP contribution in [0.4, 0.5) is 0 Å². The Kier molecular flexibility index (Phi) is 4.75. The van der Waals surface area contributed by atoms with E-state index in [1.807, 2.05) is 48.5 Å². The van der Waals surface area contributed by atoms with Gasteiger partial charge in [0, 0.05) is 22.1 Å². The van der Waals surface area contributed by atoms with Crippen molar-refractivity contribution < 1.29 is 9.59 Å². The number of hydrogen-bond acceptors (Lipinski definition) is 4. The highest BCUT2D eigenvalue weighted by molar-refractivity contribution is 9.10. The van der Waals surface area contributed by atoms with Crippen molar-refractivity contribution in [3.05, 3.63) is 69.7 Å². The number of amidine groups is 1. The van der Waals surface area contributed by atoms with Gasteiger partial charge in [-0.25, -0.2) is 0 Å². The summed E-state index contributed by atoms with van der Waals surface area (Å²) >= 11 is 3.43. The van der Waals surface area contributed by atoms with E-state index >= 15 is 0 Å². The highest BCUT2D eigenvalue weighted by Crippen LogP contribution is 2.53. The van der Waals surface area contributed by atoms with E-state index in [1.165, 1.54) is 4.90 Å². The lowest BCUT2D eigenvalue weighted by Crippen LogP contribution is -2.38. The van der Waals surface area contributed by atoms with Crippen LogP contribution >= 0.6 is 15.9 Å². The molecule has 2 aromatic carbocycles. The molecule has 3 aliphatic heterocycles. The van der Waals surface area contributed by atoms with Crippen molar-refractivity contribution >= 4 is 33.6 Å². The van der Waals surface area contributed by atoms with Crippen LogP contribution in [0.2, 0.25) is 0 Å². The van der Waals surface area contributed by atoms with Crippen LogP contribution in [0.5, 0.6) is 0 Å². The number of nitrogen functional groups attached to an aromatic ring is 1. The Labute approximate surface area is 183 Å². The molecule has 0 aliphatic carbocycles. The maximum atomic E-state index is 13.5.